The highest BCUT2D eigenvalue weighted by atomic mass is 79.9. The summed E-state index contributed by atoms with van der Waals surface area (Å²) >= 11 is 5.46. The van der Waals surface area contributed by atoms with Crippen LogP contribution in [0.2, 0.25) is 0 Å². The van der Waals surface area contributed by atoms with Crippen LogP contribution in [0.15, 0.2) is 40.2 Å². The molecule has 0 saturated carbocycles. The van der Waals surface area contributed by atoms with E-state index in [0.717, 1.165) is 30.7 Å². The van der Waals surface area contributed by atoms with Crippen LogP contribution < -0.4 is 10.2 Å². The highest BCUT2D eigenvalue weighted by Crippen LogP contribution is 2.25. The number of thiophene rings is 1. The summed E-state index contributed by atoms with van der Waals surface area (Å²) in [5.41, 5.74) is 2.48. The molecule has 0 fully saturated rings. The second-order valence-electron chi connectivity index (χ2n) is 4.88. The molecule has 21 heavy (non-hydrogen) atoms. The van der Waals surface area contributed by atoms with Gasteiger partial charge in [-0.2, -0.15) is 0 Å². The smallest absolute Gasteiger partial charge is 0.0587 e. The molecule has 1 heterocycles. The fourth-order valence-corrected chi connectivity index (χ4v) is 3.31. The summed E-state index contributed by atoms with van der Waals surface area (Å²) < 4.78 is 6.17. The number of nitrogens with one attached hydrogen (secondary N) is 1. The first-order valence-corrected chi connectivity index (χ1v) is 8.59. The van der Waals surface area contributed by atoms with Crippen LogP contribution in [0.3, 0.4) is 0 Å². The van der Waals surface area contributed by atoms with Crippen molar-refractivity contribution in [2.24, 2.45) is 0 Å². The van der Waals surface area contributed by atoms with Crippen LogP contribution in [-0.2, 0) is 17.8 Å². The Labute approximate surface area is 139 Å². The van der Waals surface area contributed by atoms with Crippen molar-refractivity contribution in [1.29, 1.82) is 0 Å². The topological polar surface area (TPSA) is 24.5 Å². The van der Waals surface area contributed by atoms with Crippen LogP contribution in [0.1, 0.15) is 10.4 Å². The number of methoxy groups -OCH3 is 1. The van der Waals surface area contributed by atoms with Gasteiger partial charge in [0.05, 0.1) is 13.2 Å². The maximum Gasteiger partial charge on any atom is 0.0587 e. The third kappa shape index (κ3) is 5.11. The maximum absolute atomic E-state index is 5.03. The zero-order valence-corrected chi connectivity index (χ0v) is 14.8. The Kier molecular flexibility index (Phi) is 6.70. The Bertz CT molecular complexity index is 545. The van der Waals surface area contributed by atoms with Crippen molar-refractivity contribution in [3.63, 3.8) is 0 Å². The fraction of sp³-hybridized carbons (Fsp3) is 0.375. The van der Waals surface area contributed by atoms with Crippen molar-refractivity contribution in [2.45, 2.75) is 13.1 Å². The zero-order valence-electron chi connectivity index (χ0n) is 12.4. The molecule has 5 heteroatoms. The number of hydrogen-bond donors (Lipinski definition) is 1. The Hall–Kier alpha value is -0.880. The number of nitrogens with zero attached hydrogens (tertiary/aromatic N) is 1. The molecule has 0 unspecified atom stereocenters. The molecule has 1 aromatic heterocycles. The third-order valence-electron chi connectivity index (χ3n) is 3.25. The van der Waals surface area contributed by atoms with E-state index in [4.69, 9.17) is 4.74 Å². The number of anilines is 1. The van der Waals surface area contributed by atoms with Gasteiger partial charge in [0.1, 0.15) is 0 Å². The molecular weight excluding hydrogens is 348 g/mol. The van der Waals surface area contributed by atoms with E-state index in [1.807, 2.05) is 0 Å². The molecule has 2 aromatic rings. The van der Waals surface area contributed by atoms with E-state index in [1.165, 1.54) is 16.1 Å². The minimum atomic E-state index is 0.735. The first-order valence-electron chi connectivity index (χ1n) is 6.92. The van der Waals surface area contributed by atoms with Gasteiger partial charge in [-0.25, -0.2) is 0 Å². The lowest BCUT2D eigenvalue weighted by molar-refractivity contribution is 0.199. The minimum Gasteiger partial charge on any atom is -0.383 e. The SMILES string of the molecule is COCCNCc1ccc(N(C)Cc2cccs2)cc1Br. The Morgan fingerprint density at radius 3 is 2.86 bits per heavy atom. The molecule has 0 aliphatic heterocycles. The number of benzene rings is 1. The van der Waals surface area contributed by atoms with Crippen molar-refractivity contribution in [1.82, 2.24) is 5.32 Å². The quantitative estimate of drug-likeness (QED) is 0.715. The molecule has 2 rings (SSSR count). The lowest BCUT2D eigenvalue weighted by Gasteiger charge is -2.19. The summed E-state index contributed by atoms with van der Waals surface area (Å²) in [4.78, 5) is 3.64. The fourth-order valence-electron chi connectivity index (χ4n) is 2.04. The number of rotatable bonds is 8. The van der Waals surface area contributed by atoms with Gasteiger partial charge in [0.25, 0.3) is 0 Å². The van der Waals surface area contributed by atoms with Crippen molar-refractivity contribution < 1.29 is 4.74 Å². The van der Waals surface area contributed by atoms with Gasteiger partial charge in [0, 0.05) is 42.3 Å². The van der Waals surface area contributed by atoms with Crippen LogP contribution in [-0.4, -0.2) is 27.3 Å². The molecule has 114 valence electrons. The van der Waals surface area contributed by atoms with Crippen LogP contribution in [0, 0.1) is 0 Å². The average Bonchev–Trinajstić information content (AvgIpc) is 2.97. The highest BCUT2D eigenvalue weighted by molar-refractivity contribution is 9.10. The van der Waals surface area contributed by atoms with E-state index in [-0.39, 0.29) is 0 Å². The monoisotopic (exact) mass is 368 g/mol. The van der Waals surface area contributed by atoms with E-state index in [2.05, 4.69) is 68.9 Å². The molecule has 0 aliphatic carbocycles. The van der Waals surface area contributed by atoms with Gasteiger partial charge >= 0.3 is 0 Å². The molecule has 0 saturated heterocycles. The van der Waals surface area contributed by atoms with E-state index >= 15 is 0 Å². The van der Waals surface area contributed by atoms with Crippen molar-refractivity contribution in [3.8, 4) is 0 Å². The lowest BCUT2D eigenvalue weighted by Crippen LogP contribution is -2.19. The number of ether oxygens (including phenoxy) is 1. The van der Waals surface area contributed by atoms with E-state index in [1.54, 1.807) is 18.4 Å². The van der Waals surface area contributed by atoms with Gasteiger partial charge in [-0.1, -0.05) is 28.1 Å². The van der Waals surface area contributed by atoms with Crippen molar-refractivity contribution in [2.75, 3.05) is 32.2 Å². The molecule has 3 nitrogen and oxygen atoms in total. The molecule has 0 bridgehead atoms. The molecule has 1 aromatic carbocycles. The molecular formula is C16H21BrN2OS. The van der Waals surface area contributed by atoms with Crippen molar-refractivity contribution in [3.05, 3.63) is 50.6 Å². The first kappa shape index (κ1) is 16.5. The summed E-state index contributed by atoms with van der Waals surface area (Å²) in [5.74, 6) is 0. The van der Waals surface area contributed by atoms with E-state index in [0.29, 0.717) is 0 Å². The maximum atomic E-state index is 5.03. The first-order chi connectivity index (χ1) is 10.2. The van der Waals surface area contributed by atoms with Gasteiger partial charge in [-0.3, -0.25) is 0 Å². The second kappa shape index (κ2) is 8.54. The Balaban J connectivity index is 1.94. The predicted molar refractivity (Wildman–Crippen MR) is 94.2 cm³/mol. The average molecular weight is 369 g/mol. The van der Waals surface area contributed by atoms with E-state index < -0.39 is 0 Å². The predicted octanol–water partition coefficient (Wildman–Crippen LogP) is 3.88. The van der Waals surface area contributed by atoms with Gasteiger partial charge in [-0.15, -0.1) is 11.3 Å². The summed E-state index contributed by atoms with van der Waals surface area (Å²) in [5, 5.41) is 5.48. The van der Waals surface area contributed by atoms with Gasteiger partial charge in [0.15, 0.2) is 0 Å². The summed E-state index contributed by atoms with van der Waals surface area (Å²) in [6.45, 7) is 3.39. The molecule has 0 radical (unpaired) electrons. The molecule has 0 spiro atoms. The number of halogens is 1. The zero-order chi connectivity index (χ0) is 15.1. The Morgan fingerprint density at radius 2 is 2.19 bits per heavy atom. The van der Waals surface area contributed by atoms with Gasteiger partial charge in [-0.05, 0) is 29.1 Å². The van der Waals surface area contributed by atoms with Crippen molar-refractivity contribution >= 4 is 33.0 Å². The Morgan fingerprint density at radius 1 is 1.33 bits per heavy atom. The third-order valence-corrected chi connectivity index (χ3v) is 4.85. The van der Waals surface area contributed by atoms with Crippen LogP contribution in [0.5, 0.6) is 0 Å². The van der Waals surface area contributed by atoms with E-state index in [9.17, 15) is 0 Å². The second-order valence-corrected chi connectivity index (χ2v) is 6.77. The summed E-state index contributed by atoms with van der Waals surface area (Å²) in [7, 11) is 3.84. The van der Waals surface area contributed by atoms with Gasteiger partial charge in [0.2, 0.25) is 0 Å². The lowest BCUT2D eigenvalue weighted by atomic mass is 10.2. The van der Waals surface area contributed by atoms with Crippen LogP contribution in [0.25, 0.3) is 0 Å². The summed E-state index contributed by atoms with van der Waals surface area (Å²) in [6, 6.07) is 10.8. The molecule has 0 amide bonds. The molecule has 1 N–H and O–H groups in total. The normalized spacial score (nSPS) is 10.8. The minimum absolute atomic E-state index is 0.735. The highest BCUT2D eigenvalue weighted by Gasteiger charge is 2.06. The largest absolute Gasteiger partial charge is 0.383 e. The summed E-state index contributed by atoms with van der Waals surface area (Å²) in [6.07, 6.45) is 0. The standard InChI is InChI=1S/C16H21BrN2OS/c1-19(12-15-4-3-9-21-15)14-6-5-13(16(17)10-14)11-18-7-8-20-2/h3-6,9-10,18H,7-8,11-12H2,1-2H3. The number of hydrogen-bond acceptors (Lipinski definition) is 4. The van der Waals surface area contributed by atoms with Crippen LogP contribution in [0.4, 0.5) is 5.69 Å². The van der Waals surface area contributed by atoms with Crippen LogP contribution >= 0.6 is 27.3 Å². The van der Waals surface area contributed by atoms with Gasteiger partial charge < -0.3 is 15.0 Å². The molecule has 0 atom stereocenters. The molecule has 0 aliphatic rings.